The molecule has 0 atom stereocenters. The van der Waals surface area contributed by atoms with Gasteiger partial charge in [0.1, 0.15) is 18.4 Å². The average molecular weight is 233 g/mol. The summed E-state index contributed by atoms with van der Waals surface area (Å²) in [7, 11) is 0. The maximum atomic E-state index is 8.92. The smallest absolute Gasteiger partial charge is 0.137 e. The number of benzene rings is 1. The number of ether oxygens (including phenoxy) is 2. The van der Waals surface area contributed by atoms with E-state index in [0.717, 1.165) is 12.2 Å². The van der Waals surface area contributed by atoms with Crippen LogP contribution in [0.4, 0.5) is 0 Å². The first-order chi connectivity index (χ1) is 8.13. The first-order valence-electron chi connectivity index (χ1n) is 5.84. The van der Waals surface area contributed by atoms with Crippen molar-refractivity contribution in [2.24, 2.45) is 5.92 Å². The molecule has 0 aromatic heterocycles. The lowest BCUT2D eigenvalue weighted by atomic mass is 10.1. The molecule has 0 fully saturated rings. The van der Waals surface area contributed by atoms with Crippen molar-refractivity contribution in [1.29, 1.82) is 5.26 Å². The third-order valence-corrected chi connectivity index (χ3v) is 2.19. The van der Waals surface area contributed by atoms with Gasteiger partial charge in [0.05, 0.1) is 12.2 Å². The monoisotopic (exact) mass is 233 g/mol. The molecule has 0 spiro atoms. The van der Waals surface area contributed by atoms with Crippen LogP contribution in [0.2, 0.25) is 0 Å². The minimum atomic E-state index is 0.477. The number of nitrogens with zero attached hydrogens (tertiary/aromatic N) is 1. The Morgan fingerprint density at radius 2 is 2.06 bits per heavy atom. The van der Waals surface area contributed by atoms with Gasteiger partial charge in [-0.15, -0.1) is 0 Å². The molecule has 0 amide bonds. The normalized spacial score (nSPS) is 10.3. The van der Waals surface area contributed by atoms with E-state index in [1.807, 2.05) is 19.1 Å². The highest BCUT2D eigenvalue weighted by Crippen LogP contribution is 2.19. The van der Waals surface area contributed by atoms with Crippen molar-refractivity contribution < 1.29 is 9.47 Å². The van der Waals surface area contributed by atoms with Gasteiger partial charge in [-0.1, -0.05) is 19.9 Å². The molecule has 92 valence electrons. The summed E-state index contributed by atoms with van der Waals surface area (Å²) in [6.07, 6.45) is 0. The second kappa shape index (κ2) is 6.93. The van der Waals surface area contributed by atoms with Crippen LogP contribution in [0.25, 0.3) is 0 Å². The van der Waals surface area contributed by atoms with Crippen LogP contribution in [-0.2, 0) is 4.74 Å². The van der Waals surface area contributed by atoms with Crippen molar-refractivity contribution in [3.63, 3.8) is 0 Å². The summed E-state index contributed by atoms with van der Waals surface area (Å²) in [5.74, 6) is 1.17. The van der Waals surface area contributed by atoms with Crippen molar-refractivity contribution in [3.05, 3.63) is 29.3 Å². The fourth-order valence-corrected chi connectivity index (χ4v) is 1.37. The van der Waals surface area contributed by atoms with Crippen molar-refractivity contribution in [2.45, 2.75) is 20.8 Å². The molecule has 0 radical (unpaired) electrons. The van der Waals surface area contributed by atoms with Crippen molar-refractivity contribution in [2.75, 3.05) is 19.8 Å². The highest BCUT2D eigenvalue weighted by molar-refractivity contribution is 5.44. The molecule has 17 heavy (non-hydrogen) atoms. The third kappa shape index (κ3) is 4.88. The standard InChI is InChI=1S/C14H19NO2/c1-11(2)10-16-6-7-17-14-8-12(3)4-5-13(14)9-15/h4-5,8,11H,6-7,10H2,1-3H3. The van der Waals surface area contributed by atoms with Gasteiger partial charge in [-0.3, -0.25) is 0 Å². The Kier molecular flexibility index (Phi) is 5.51. The number of aryl methyl sites for hydroxylation is 1. The van der Waals surface area contributed by atoms with Crippen molar-refractivity contribution in [1.82, 2.24) is 0 Å². The molecule has 0 aliphatic carbocycles. The third-order valence-electron chi connectivity index (χ3n) is 2.19. The zero-order chi connectivity index (χ0) is 12.7. The molecule has 0 heterocycles. The van der Waals surface area contributed by atoms with Crippen LogP contribution in [0.1, 0.15) is 25.0 Å². The van der Waals surface area contributed by atoms with Gasteiger partial charge in [0.2, 0.25) is 0 Å². The summed E-state index contributed by atoms with van der Waals surface area (Å²) in [4.78, 5) is 0. The average Bonchev–Trinajstić information content (AvgIpc) is 2.28. The summed E-state index contributed by atoms with van der Waals surface area (Å²) >= 11 is 0. The highest BCUT2D eigenvalue weighted by Gasteiger charge is 2.03. The highest BCUT2D eigenvalue weighted by atomic mass is 16.5. The maximum absolute atomic E-state index is 8.92. The van der Waals surface area contributed by atoms with Gasteiger partial charge in [0.25, 0.3) is 0 Å². The van der Waals surface area contributed by atoms with Gasteiger partial charge < -0.3 is 9.47 Å². The topological polar surface area (TPSA) is 42.2 Å². The predicted octanol–water partition coefficient (Wildman–Crippen LogP) is 2.92. The largest absolute Gasteiger partial charge is 0.490 e. The molecule has 3 nitrogen and oxygen atoms in total. The molecule has 3 heteroatoms. The van der Waals surface area contributed by atoms with Crippen LogP contribution in [0.3, 0.4) is 0 Å². The molecule has 0 bridgehead atoms. The summed E-state index contributed by atoms with van der Waals surface area (Å²) in [5.41, 5.74) is 1.65. The number of rotatable bonds is 6. The van der Waals surface area contributed by atoms with Crippen molar-refractivity contribution in [3.8, 4) is 11.8 Å². The van der Waals surface area contributed by atoms with E-state index in [1.54, 1.807) is 6.07 Å². The molecule has 0 aliphatic heterocycles. The minimum Gasteiger partial charge on any atom is -0.490 e. The lowest BCUT2D eigenvalue weighted by molar-refractivity contribution is 0.0818. The predicted molar refractivity (Wildman–Crippen MR) is 67.0 cm³/mol. The van der Waals surface area contributed by atoms with Crippen molar-refractivity contribution >= 4 is 0 Å². The molecule has 0 N–H and O–H groups in total. The van der Waals surface area contributed by atoms with Gasteiger partial charge in [0.15, 0.2) is 0 Å². The minimum absolute atomic E-state index is 0.477. The molecule has 1 aromatic rings. The fourth-order valence-electron chi connectivity index (χ4n) is 1.37. The van der Waals surface area contributed by atoms with E-state index in [0.29, 0.717) is 30.4 Å². The van der Waals surface area contributed by atoms with Gasteiger partial charge in [-0.2, -0.15) is 5.26 Å². The Balaban J connectivity index is 2.41. The summed E-state index contributed by atoms with van der Waals surface area (Å²) in [6, 6.07) is 7.67. The van der Waals surface area contributed by atoms with Crippen LogP contribution < -0.4 is 4.74 Å². The van der Waals surface area contributed by atoms with Gasteiger partial charge in [-0.25, -0.2) is 0 Å². The van der Waals surface area contributed by atoms with Crippen LogP contribution in [0, 0.1) is 24.2 Å². The summed E-state index contributed by atoms with van der Waals surface area (Å²) in [5, 5.41) is 8.92. The molecule has 0 aliphatic rings. The first kappa shape index (κ1) is 13.5. The van der Waals surface area contributed by atoms with Crippen LogP contribution >= 0.6 is 0 Å². The quantitative estimate of drug-likeness (QED) is 0.709. The molecule has 0 unspecified atom stereocenters. The van der Waals surface area contributed by atoms with E-state index in [2.05, 4.69) is 19.9 Å². The molecule has 1 rings (SSSR count). The molecule has 0 saturated heterocycles. The molecule has 1 aromatic carbocycles. The van der Waals surface area contributed by atoms with E-state index in [1.165, 1.54) is 0 Å². The Morgan fingerprint density at radius 1 is 1.29 bits per heavy atom. The number of hydrogen-bond acceptors (Lipinski definition) is 3. The van der Waals surface area contributed by atoms with Crippen LogP contribution in [0.5, 0.6) is 5.75 Å². The van der Waals surface area contributed by atoms with E-state index in [4.69, 9.17) is 14.7 Å². The zero-order valence-electron chi connectivity index (χ0n) is 10.7. The number of nitriles is 1. The van der Waals surface area contributed by atoms with E-state index < -0.39 is 0 Å². The van der Waals surface area contributed by atoms with E-state index in [-0.39, 0.29) is 0 Å². The second-order valence-corrected chi connectivity index (χ2v) is 4.43. The lowest BCUT2D eigenvalue weighted by Crippen LogP contribution is -2.10. The van der Waals surface area contributed by atoms with E-state index >= 15 is 0 Å². The Bertz CT molecular complexity index is 394. The molecular weight excluding hydrogens is 214 g/mol. The second-order valence-electron chi connectivity index (χ2n) is 4.43. The maximum Gasteiger partial charge on any atom is 0.137 e. The fraction of sp³-hybridized carbons (Fsp3) is 0.500. The van der Waals surface area contributed by atoms with Crippen LogP contribution in [-0.4, -0.2) is 19.8 Å². The van der Waals surface area contributed by atoms with Gasteiger partial charge in [0, 0.05) is 6.61 Å². The molecule has 0 saturated carbocycles. The van der Waals surface area contributed by atoms with Crippen LogP contribution in [0.15, 0.2) is 18.2 Å². The van der Waals surface area contributed by atoms with Gasteiger partial charge in [-0.05, 0) is 30.5 Å². The zero-order valence-corrected chi connectivity index (χ0v) is 10.7. The molecular formula is C14H19NO2. The lowest BCUT2D eigenvalue weighted by Gasteiger charge is -2.10. The Morgan fingerprint density at radius 3 is 2.71 bits per heavy atom. The number of hydrogen-bond donors (Lipinski definition) is 0. The summed E-state index contributed by atoms with van der Waals surface area (Å²) < 4.78 is 11.0. The SMILES string of the molecule is Cc1ccc(C#N)c(OCCOCC(C)C)c1. The van der Waals surface area contributed by atoms with Gasteiger partial charge >= 0.3 is 0 Å². The Hall–Kier alpha value is -1.53. The Labute approximate surface area is 103 Å². The van der Waals surface area contributed by atoms with E-state index in [9.17, 15) is 0 Å². The first-order valence-corrected chi connectivity index (χ1v) is 5.84. The summed E-state index contributed by atoms with van der Waals surface area (Å²) in [6.45, 7) is 7.96.